The number of unbranched alkanes of at least 4 members (excludes halogenated alkanes) is 2. The molecule has 3 heteroatoms. The van der Waals surface area contributed by atoms with Crippen molar-refractivity contribution in [3.8, 4) is 16.9 Å². The first-order valence-corrected chi connectivity index (χ1v) is 9.83. The summed E-state index contributed by atoms with van der Waals surface area (Å²) in [6, 6.07) is 16.4. The van der Waals surface area contributed by atoms with Crippen LogP contribution in [-0.2, 0) is 6.42 Å². The van der Waals surface area contributed by atoms with Crippen molar-refractivity contribution in [3.63, 3.8) is 0 Å². The largest absolute Gasteiger partial charge is 0.494 e. The minimum absolute atomic E-state index is 0.0971. The van der Waals surface area contributed by atoms with E-state index in [-0.39, 0.29) is 4.74 Å². The number of ether oxygens (including phenoxy) is 1. The number of hydrogen-bond donors (Lipinski definition) is 0. The summed E-state index contributed by atoms with van der Waals surface area (Å²) in [7, 11) is 0. The second kappa shape index (κ2) is 8.30. The molecule has 0 unspecified atom stereocenters. The molecule has 0 aliphatic rings. The fourth-order valence-corrected chi connectivity index (χ4v) is 3.89. The van der Waals surface area contributed by atoms with E-state index in [9.17, 15) is 4.79 Å². The molecule has 0 spiro atoms. The minimum atomic E-state index is 0.0971. The Morgan fingerprint density at radius 2 is 1.76 bits per heavy atom. The molecule has 1 aromatic heterocycles. The average molecular weight is 352 g/mol. The lowest BCUT2D eigenvalue weighted by Gasteiger charge is -2.07. The number of fused-ring (bicyclic) bond motifs is 1. The van der Waals surface area contributed by atoms with Crippen molar-refractivity contribution in [3.05, 3.63) is 63.6 Å². The molecule has 2 nitrogen and oxygen atoms in total. The van der Waals surface area contributed by atoms with Gasteiger partial charge >= 0.3 is 0 Å². The predicted octanol–water partition coefficient (Wildman–Crippen LogP) is 6.06. The van der Waals surface area contributed by atoms with Gasteiger partial charge < -0.3 is 4.74 Å². The third kappa shape index (κ3) is 4.29. The van der Waals surface area contributed by atoms with Gasteiger partial charge in [0.15, 0.2) is 0 Å². The zero-order valence-corrected chi connectivity index (χ0v) is 15.7. The highest BCUT2D eigenvalue weighted by Crippen LogP contribution is 2.27. The molecule has 0 bridgehead atoms. The Balaban J connectivity index is 1.89. The fraction of sp³-hybridized carbons (Fsp3) is 0.318. The van der Waals surface area contributed by atoms with E-state index in [1.807, 2.05) is 31.2 Å². The van der Waals surface area contributed by atoms with Gasteiger partial charge in [-0.25, -0.2) is 0 Å². The third-order valence-corrected chi connectivity index (χ3v) is 5.33. The summed E-state index contributed by atoms with van der Waals surface area (Å²) < 4.78 is 6.59. The van der Waals surface area contributed by atoms with Crippen LogP contribution in [0.25, 0.3) is 21.2 Å². The molecule has 0 saturated heterocycles. The van der Waals surface area contributed by atoms with Crippen molar-refractivity contribution in [1.29, 1.82) is 0 Å². The van der Waals surface area contributed by atoms with Crippen LogP contribution in [0, 0.1) is 0 Å². The van der Waals surface area contributed by atoms with Gasteiger partial charge in [0.1, 0.15) is 5.75 Å². The highest BCUT2D eigenvalue weighted by molar-refractivity contribution is 7.16. The van der Waals surface area contributed by atoms with Crippen LogP contribution in [0.3, 0.4) is 0 Å². The summed E-state index contributed by atoms with van der Waals surface area (Å²) in [5, 5.41) is 1.08. The molecule has 2 aromatic carbocycles. The van der Waals surface area contributed by atoms with Crippen LogP contribution in [0.4, 0.5) is 0 Å². The van der Waals surface area contributed by atoms with Gasteiger partial charge in [0, 0.05) is 10.3 Å². The van der Waals surface area contributed by atoms with Crippen LogP contribution >= 0.6 is 11.3 Å². The number of aryl methyl sites for hydroxylation is 1. The van der Waals surface area contributed by atoms with E-state index in [1.165, 1.54) is 36.2 Å². The maximum Gasteiger partial charge on any atom is 0.240 e. The molecule has 0 amide bonds. The van der Waals surface area contributed by atoms with Crippen molar-refractivity contribution in [2.45, 2.75) is 39.5 Å². The molecular weight excluding hydrogens is 328 g/mol. The molecular formula is C22H24O2S. The molecule has 0 fully saturated rings. The Hall–Kier alpha value is -2.13. The van der Waals surface area contributed by atoms with Crippen molar-refractivity contribution in [1.82, 2.24) is 0 Å². The quantitative estimate of drug-likeness (QED) is 0.483. The smallest absolute Gasteiger partial charge is 0.240 e. The third-order valence-electron chi connectivity index (χ3n) is 4.35. The van der Waals surface area contributed by atoms with E-state index in [4.69, 9.17) is 4.74 Å². The second-order valence-electron chi connectivity index (χ2n) is 6.23. The molecule has 0 aliphatic heterocycles. The Kier molecular flexibility index (Phi) is 5.87. The van der Waals surface area contributed by atoms with Gasteiger partial charge in [0.2, 0.25) is 4.74 Å². The molecule has 3 aromatic rings. The zero-order valence-electron chi connectivity index (χ0n) is 14.9. The first-order valence-electron chi connectivity index (χ1n) is 9.01. The number of hydrogen-bond acceptors (Lipinski definition) is 3. The van der Waals surface area contributed by atoms with E-state index in [0.29, 0.717) is 6.61 Å². The summed E-state index contributed by atoms with van der Waals surface area (Å²) >= 11 is 1.29. The standard InChI is InChI=1S/C22H24O2S/c1-3-5-6-7-16-8-10-17(11-9-16)20-14-18-12-13-19(24-4-2)15-21(18)25-22(20)23/h8-15H,3-7H2,1-2H3. The van der Waals surface area contributed by atoms with Crippen LogP contribution in [0.1, 0.15) is 38.7 Å². The van der Waals surface area contributed by atoms with Gasteiger partial charge in [-0.05, 0) is 60.5 Å². The molecule has 1 heterocycles. The van der Waals surface area contributed by atoms with E-state index in [2.05, 4.69) is 31.2 Å². The lowest BCUT2D eigenvalue weighted by atomic mass is 10.0. The molecule has 25 heavy (non-hydrogen) atoms. The zero-order chi connectivity index (χ0) is 17.6. The molecule has 0 radical (unpaired) electrons. The Bertz CT molecular complexity index is 894. The van der Waals surface area contributed by atoms with Gasteiger partial charge in [-0.1, -0.05) is 55.4 Å². The fourth-order valence-electron chi connectivity index (χ4n) is 2.98. The highest BCUT2D eigenvalue weighted by Gasteiger charge is 2.07. The Morgan fingerprint density at radius 3 is 2.48 bits per heavy atom. The van der Waals surface area contributed by atoms with Gasteiger partial charge in [-0.2, -0.15) is 0 Å². The molecule has 130 valence electrons. The molecule has 0 atom stereocenters. The van der Waals surface area contributed by atoms with Gasteiger partial charge in [0.25, 0.3) is 0 Å². The lowest BCUT2D eigenvalue weighted by Crippen LogP contribution is -1.99. The van der Waals surface area contributed by atoms with E-state index >= 15 is 0 Å². The Morgan fingerprint density at radius 1 is 0.960 bits per heavy atom. The Labute approximate surface area is 153 Å². The van der Waals surface area contributed by atoms with Gasteiger partial charge in [-0.3, -0.25) is 4.79 Å². The van der Waals surface area contributed by atoms with Crippen LogP contribution in [0.5, 0.6) is 5.75 Å². The van der Waals surface area contributed by atoms with E-state index in [0.717, 1.165) is 33.4 Å². The normalized spacial score (nSPS) is 11.0. The summed E-state index contributed by atoms with van der Waals surface area (Å²) in [5.74, 6) is 0.815. The lowest BCUT2D eigenvalue weighted by molar-refractivity contribution is 0.341. The number of rotatable bonds is 7. The summed E-state index contributed by atoms with van der Waals surface area (Å²) in [6.07, 6.45) is 4.84. The molecule has 0 saturated carbocycles. The van der Waals surface area contributed by atoms with Crippen molar-refractivity contribution >= 4 is 21.4 Å². The highest BCUT2D eigenvalue weighted by atomic mass is 32.1. The first kappa shape index (κ1) is 17.7. The van der Waals surface area contributed by atoms with E-state index < -0.39 is 0 Å². The van der Waals surface area contributed by atoms with Crippen LogP contribution < -0.4 is 9.48 Å². The summed E-state index contributed by atoms with van der Waals surface area (Å²) in [6.45, 7) is 4.81. The molecule has 0 N–H and O–H groups in total. The summed E-state index contributed by atoms with van der Waals surface area (Å²) in [4.78, 5) is 12.6. The van der Waals surface area contributed by atoms with Gasteiger partial charge in [-0.15, -0.1) is 0 Å². The maximum absolute atomic E-state index is 12.6. The molecule has 3 rings (SSSR count). The van der Waals surface area contributed by atoms with Crippen LogP contribution in [0.15, 0.2) is 53.3 Å². The van der Waals surface area contributed by atoms with Crippen molar-refractivity contribution in [2.75, 3.05) is 6.61 Å². The second-order valence-corrected chi connectivity index (χ2v) is 7.25. The van der Waals surface area contributed by atoms with Crippen LogP contribution in [0.2, 0.25) is 0 Å². The van der Waals surface area contributed by atoms with Crippen molar-refractivity contribution in [2.24, 2.45) is 0 Å². The first-order chi connectivity index (χ1) is 12.2. The molecule has 0 aliphatic carbocycles. The number of benzene rings is 2. The predicted molar refractivity (Wildman–Crippen MR) is 108 cm³/mol. The van der Waals surface area contributed by atoms with Gasteiger partial charge in [0.05, 0.1) is 6.61 Å². The summed E-state index contributed by atoms with van der Waals surface area (Å²) in [5.41, 5.74) is 3.12. The monoisotopic (exact) mass is 352 g/mol. The average Bonchev–Trinajstić information content (AvgIpc) is 2.62. The van der Waals surface area contributed by atoms with E-state index in [1.54, 1.807) is 0 Å². The minimum Gasteiger partial charge on any atom is -0.494 e. The SMILES string of the molecule is CCCCCc1ccc(-c2cc3ccc(OCC)cc3sc2=O)cc1. The van der Waals surface area contributed by atoms with Crippen LogP contribution in [-0.4, -0.2) is 6.61 Å². The maximum atomic E-state index is 12.6. The topological polar surface area (TPSA) is 26.3 Å². The van der Waals surface area contributed by atoms with Crippen molar-refractivity contribution < 1.29 is 4.74 Å².